The molecule has 0 aliphatic carbocycles. The maximum absolute atomic E-state index is 9.01. The van der Waals surface area contributed by atoms with Crippen molar-refractivity contribution in [2.45, 2.75) is 12.8 Å². The Morgan fingerprint density at radius 1 is 1.48 bits per heavy atom. The summed E-state index contributed by atoms with van der Waals surface area (Å²) in [7, 11) is 1.94. The minimum Gasteiger partial charge on any atom is -0.356 e. The smallest absolute Gasteiger partial charge is 0.161 e. The van der Waals surface area contributed by atoms with Gasteiger partial charge in [-0.3, -0.25) is 4.68 Å². The number of nitriles is 1. The Morgan fingerprint density at radius 3 is 3.05 bits per heavy atom. The van der Waals surface area contributed by atoms with Crippen LogP contribution in [0.3, 0.4) is 0 Å². The van der Waals surface area contributed by atoms with Crippen molar-refractivity contribution >= 4 is 17.4 Å². The molecule has 3 rings (SSSR count). The maximum Gasteiger partial charge on any atom is 0.161 e. The molecule has 1 fully saturated rings. The zero-order valence-corrected chi connectivity index (χ0v) is 12.6. The molecule has 6 heteroatoms. The number of hydrogen-bond donors (Lipinski definition) is 0. The van der Waals surface area contributed by atoms with Crippen LogP contribution in [-0.2, 0) is 13.5 Å². The number of aryl methyl sites for hydroxylation is 1. The number of anilines is 1. The van der Waals surface area contributed by atoms with Crippen molar-refractivity contribution < 1.29 is 0 Å². The fourth-order valence-corrected chi connectivity index (χ4v) is 2.95. The van der Waals surface area contributed by atoms with Crippen molar-refractivity contribution in [1.82, 2.24) is 14.8 Å². The van der Waals surface area contributed by atoms with Crippen molar-refractivity contribution in [3.8, 4) is 6.07 Å². The normalized spacial score (nSPS) is 18.0. The monoisotopic (exact) mass is 301 g/mol. The third-order valence-corrected chi connectivity index (χ3v) is 4.13. The molecule has 0 N–H and O–H groups in total. The first-order chi connectivity index (χ1) is 10.2. The molecule has 1 aliphatic heterocycles. The van der Waals surface area contributed by atoms with E-state index in [0.717, 1.165) is 31.7 Å². The number of halogens is 1. The molecule has 108 valence electrons. The zero-order valence-electron chi connectivity index (χ0n) is 11.8. The minimum atomic E-state index is 0.296. The first kappa shape index (κ1) is 13.9. The number of hydrogen-bond acceptors (Lipinski definition) is 4. The Hall–Kier alpha value is -2.06. The molecule has 0 amide bonds. The average molecular weight is 302 g/mol. The van der Waals surface area contributed by atoms with Gasteiger partial charge >= 0.3 is 0 Å². The number of aromatic nitrogens is 3. The molecule has 5 nitrogen and oxygen atoms in total. The Bertz CT molecular complexity index is 688. The number of pyridine rings is 1. The van der Waals surface area contributed by atoms with Crippen molar-refractivity contribution in [1.29, 1.82) is 5.26 Å². The number of rotatable bonds is 3. The van der Waals surface area contributed by atoms with E-state index in [1.54, 1.807) is 6.07 Å². The molecule has 2 aromatic heterocycles. The van der Waals surface area contributed by atoms with E-state index in [1.165, 1.54) is 5.56 Å². The first-order valence-corrected chi connectivity index (χ1v) is 7.32. The second kappa shape index (κ2) is 5.74. The van der Waals surface area contributed by atoms with Gasteiger partial charge in [-0.05, 0) is 36.5 Å². The molecular weight excluding hydrogens is 286 g/mol. The van der Waals surface area contributed by atoms with Crippen LogP contribution in [0.4, 0.5) is 5.82 Å². The lowest BCUT2D eigenvalue weighted by Gasteiger charge is -2.17. The second-order valence-corrected chi connectivity index (χ2v) is 5.85. The summed E-state index contributed by atoms with van der Waals surface area (Å²) in [5.41, 5.74) is 1.57. The van der Waals surface area contributed by atoms with Gasteiger partial charge in [0.15, 0.2) is 5.69 Å². The summed E-state index contributed by atoms with van der Waals surface area (Å²) in [6, 6.07) is 5.66. The van der Waals surface area contributed by atoms with Crippen LogP contribution in [0.5, 0.6) is 0 Å². The lowest BCUT2D eigenvalue weighted by atomic mass is 10.0. The molecule has 0 radical (unpaired) electrons. The molecule has 0 aromatic carbocycles. The summed E-state index contributed by atoms with van der Waals surface area (Å²) in [4.78, 5) is 6.56. The summed E-state index contributed by atoms with van der Waals surface area (Å²) in [6.07, 6.45) is 6.15. The van der Waals surface area contributed by atoms with E-state index < -0.39 is 0 Å². The summed E-state index contributed by atoms with van der Waals surface area (Å²) in [6.45, 7) is 1.92. The second-order valence-electron chi connectivity index (χ2n) is 5.44. The molecule has 1 unspecified atom stereocenters. The lowest BCUT2D eigenvalue weighted by Crippen LogP contribution is -2.21. The summed E-state index contributed by atoms with van der Waals surface area (Å²) in [5.74, 6) is 1.43. The predicted molar refractivity (Wildman–Crippen MR) is 81.2 cm³/mol. The molecule has 3 heterocycles. The van der Waals surface area contributed by atoms with Crippen LogP contribution in [0, 0.1) is 17.2 Å². The third kappa shape index (κ3) is 3.01. The van der Waals surface area contributed by atoms with Gasteiger partial charge in [-0.15, -0.1) is 0 Å². The van der Waals surface area contributed by atoms with Gasteiger partial charge in [0.25, 0.3) is 0 Å². The van der Waals surface area contributed by atoms with E-state index in [9.17, 15) is 0 Å². The van der Waals surface area contributed by atoms with Crippen LogP contribution in [0.2, 0.25) is 5.02 Å². The van der Waals surface area contributed by atoms with Crippen molar-refractivity contribution in [2.75, 3.05) is 18.0 Å². The first-order valence-electron chi connectivity index (χ1n) is 6.95. The highest BCUT2D eigenvalue weighted by atomic mass is 35.5. The molecule has 1 aliphatic rings. The van der Waals surface area contributed by atoms with E-state index in [2.05, 4.69) is 21.2 Å². The van der Waals surface area contributed by atoms with E-state index in [0.29, 0.717) is 16.6 Å². The molecule has 1 atom stereocenters. The topological polar surface area (TPSA) is 57.7 Å². The molecule has 0 bridgehead atoms. The van der Waals surface area contributed by atoms with E-state index in [1.807, 2.05) is 30.1 Å². The van der Waals surface area contributed by atoms with E-state index in [4.69, 9.17) is 16.9 Å². The van der Waals surface area contributed by atoms with Crippen LogP contribution in [-0.4, -0.2) is 27.9 Å². The molecule has 1 saturated heterocycles. The zero-order chi connectivity index (χ0) is 14.8. The SMILES string of the molecule is Cn1cc(CC2CCN(c3ccc(Cl)c(C#N)n3)C2)cn1. The fraction of sp³-hybridized carbons (Fsp3) is 0.400. The highest BCUT2D eigenvalue weighted by Crippen LogP contribution is 2.26. The summed E-state index contributed by atoms with van der Waals surface area (Å²) >= 11 is 5.93. The largest absolute Gasteiger partial charge is 0.356 e. The molecule has 0 saturated carbocycles. The third-order valence-electron chi connectivity index (χ3n) is 3.83. The molecule has 21 heavy (non-hydrogen) atoms. The highest BCUT2D eigenvalue weighted by Gasteiger charge is 2.24. The summed E-state index contributed by atoms with van der Waals surface area (Å²) < 4.78 is 1.84. The average Bonchev–Trinajstić information content (AvgIpc) is 3.09. The van der Waals surface area contributed by atoms with Crippen molar-refractivity contribution in [3.63, 3.8) is 0 Å². The van der Waals surface area contributed by atoms with Gasteiger partial charge in [0.2, 0.25) is 0 Å². The lowest BCUT2D eigenvalue weighted by molar-refractivity contribution is 0.586. The predicted octanol–water partition coefficient (Wildman–Crippen LogP) is 2.41. The Kier molecular flexibility index (Phi) is 3.80. The van der Waals surface area contributed by atoms with E-state index >= 15 is 0 Å². The Morgan fingerprint density at radius 2 is 2.33 bits per heavy atom. The molecule has 2 aromatic rings. The molecule has 0 spiro atoms. The Labute approximate surface area is 128 Å². The van der Waals surface area contributed by atoms with Gasteiger partial charge in [-0.2, -0.15) is 10.4 Å². The highest BCUT2D eigenvalue weighted by molar-refractivity contribution is 6.31. The Balaban J connectivity index is 1.68. The molecular formula is C15H16ClN5. The minimum absolute atomic E-state index is 0.296. The standard InChI is InChI=1S/C15H16ClN5/c1-20-9-12(8-18-20)6-11-4-5-21(10-11)15-3-2-13(16)14(7-17)19-15/h2-3,8-9,11H,4-6,10H2,1H3. The maximum atomic E-state index is 9.01. The van der Waals surface area contributed by atoms with Gasteiger partial charge in [0, 0.05) is 26.3 Å². The van der Waals surface area contributed by atoms with Crippen LogP contribution in [0.1, 0.15) is 17.7 Å². The van der Waals surface area contributed by atoms with Crippen molar-refractivity contribution in [2.24, 2.45) is 13.0 Å². The van der Waals surface area contributed by atoms with Crippen LogP contribution >= 0.6 is 11.6 Å². The van der Waals surface area contributed by atoms with Crippen LogP contribution in [0.15, 0.2) is 24.5 Å². The van der Waals surface area contributed by atoms with E-state index in [-0.39, 0.29) is 0 Å². The van der Waals surface area contributed by atoms with Gasteiger partial charge in [-0.1, -0.05) is 11.6 Å². The van der Waals surface area contributed by atoms with Gasteiger partial charge < -0.3 is 4.90 Å². The van der Waals surface area contributed by atoms with Gasteiger partial charge in [0.05, 0.1) is 11.2 Å². The summed E-state index contributed by atoms with van der Waals surface area (Å²) in [5, 5.41) is 13.6. The van der Waals surface area contributed by atoms with Crippen molar-refractivity contribution in [3.05, 3.63) is 40.8 Å². The van der Waals surface area contributed by atoms with Crippen LogP contribution in [0.25, 0.3) is 0 Å². The quantitative estimate of drug-likeness (QED) is 0.873. The van der Waals surface area contributed by atoms with Gasteiger partial charge in [-0.25, -0.2) is 4.98 Å². The number of nitrogens with zero attached hydrogens (tertiary/aromatic N) is 5. The van der Waals surface area contributed by atoms with Crippen LogP contribution < -0.4 is 4.90 Å². The van der Waals surface area contributed by atoms with Gasteiger partial charge in [0.1, 0.15) is 11.9 Å². The fourth-order valence-electron chi connectivity index (χ4n) is 2.80.